The van der Waals surface area contributed by atoms with Crippen LogP contribution in [-0.4, -0.2) is 19.9 Å². The number of aromatic nitrogens is 4. The lowest BCUT2D eigenvalue weighted by molar-refractivity contribution is 0.429. The van der Waals surface area contributed by atoms with Crippen LogP contribution in [0.4, 0.5) is 0 Å². The summed E-state index contributed by atoms with van der Waals surface area (Å²) < 4.78 is 8.45. The van der Waals surface area contributed by atoms with E-state index >= 15 is 0 Å². The molecule has 0 amide bonds. The van der Waals surface area contributed by atoms with Crippen LogP contribution in [0.5, 0.6) is 0 Å². The van der Waals surface area contributed by atoms with Crippen molar-refractivity contribution in [2.24, 2.45) is 0 Å². The molecule has 0 fully saturated rings. The molecule has 0 bridgehead atoms. The van der Waals surface area contributed by atoms with E-state index in [1.807, 2.05) is 41.9 Å². The fraction of sp³-hybridized carbons (Fsp3) is 0.190. The molecule has 4 aromatic rings. The van der Waals surface area contributed by atoms with Crippen LogP contribution in [0.25, 0.3) is 23.0 Å². The molecule has 0 saturated carbocycles. The van der Waals surface area contributed by atoms with Crippen LogP contribution in [0.15, 0.2) is 63.6 Å². The van der Waals surface area contributed by atoms with E-state index in [0.717, 1.165) is 15.7 Å². The molecule has 0 N–H and O–H groups in total. The second-order valence-corrected chi connectivity index (χ2v) is 7.55. The molecule has 4 rings (SSSR count). The zero-order chi connectivity index (χ0) is 19.0. The van der Waals surface area contributed by atoms with Gasteiger partial charge in [-0.3, -0.25) is 4.68 Å². The highest BCUT2D eigenvalue weighted by Gasteiger charge is 2.18. The molecule has 6 heteroatoms. The van der Waals surface area contributed by atoms with E-state index in [-0.39, 0.29) is 6.04 Å². The standard InChI is InChI=1S/C21H19BrN4O/c1-13-4-6-16(7-5-13)15(3)26-14(2)12-19(24-26)21-23-20(25-27-21)17-8-10-18(22)11-9-17/h4-12,15H,1-3H3. The third kappa shape index (κ3) is 3.57. The summed E-state index contributed by atoms with van der Waals surface area (Å²) in [5.74, 6) is 0.974. The summed E-state index contributed by atoms with van der Waals surface area (Å²) in [5, 5.41) is 8.81. The molecule has 136 valence electrons. The third-order valence-electron chi connectivity index (χ3n) is 4.60. The lowest BCUT2D eigenvalue weighted by Crippen LogP contribution is -2.10. The van der Waals surface area contributed by atoms with E-state index in [4.69, 9.17) is 9.62 Å². The number of benzene rings is 2. The Bertz CT molecular complexity index is 1060. The summed E-state index contributed by atoms with van der Waals surface area (Å²) in [7, 11) is 0. The molecule has 0 aliphatic carbocycles. The first-order chi connectivity index (χ1) is 13.0. The maximum atomic E-state index is 5.46. The second kappa shape index (κ2) is 7.12. The first kappa shape index (κ1) is 17.7. The molecule has 0 spiro atoms. The van der Waals surface area contributed by atoms with E-state index in [9.17, 15) is 0 Å². The number of halogens is 1. The van der Waals surface area contributed by atoms with Crippen molar-refractivity contribution in [2.75, 3.05) is 0 Å². The maximum Gasteiger partial charge on any atom is 0.278 e. The monoisotopic (exact) mass is 422 g/mol. The normalized spacial score (nSPS) is 12.3. The maximum absolute atomic E-state index is 5.46. The summed E-state index contributed by atoms with van der Waals surface area (Å²) >= 11 is 3.43. The smallest absolute Gasteiger partial charge is 0.278 e. The van der Waals surface area contributed by atoms with Gasteiger partial charge in [-0.05, 0) is 56.7 Å². The van der Waals surface area contributed by atoms with E-state index < -0.39 is 0 Å². The highest BCUT2D eigenvalue weighted by molar-refractivity contribution is 9.10. The van der Waals surface area contributed by atoms with Crippen molar-refractivity contribution in [2.45, 2.75) is 26.8 Å². The molecule has 0 radical (unpaired) electrons. The zero-order valence-corrected chi connectivity index (χ0v) is 16.9. The summed E-state index contributed by atoms with van der Waals surface area (Å²) in [6.07, 6.45) is 0. The molecule has 0 aliphatic heterocycles. The third-order valence-corrected chi connectivity index (χ3v) is 5.13. The first-order valence-corrected chi connectivity index (χ1v) is 9.53. The average Bonchev–Trinajstić information content (AvgIpc) is 3.29. The van der Waals surface area contributed by atoms with Crippen molar-refractivity contribution in [1.29, 1.82) is 0 Å². The Hall–Kier alpha value is -2.73. The van der Waals surface area contributed by atoms with Crippen molar-refractivity contribution < 1.29 is 4.52 Å². The van der Waals surface area contributed by atoms with Gasteiger partial charge in [0.25, 0.3) is 5.89 Å². The number of hydrogen-bond donors (Lipinski definition) is 0. The van der Waals surface area contributed by atoms with Gasteiger partial charge in [0.1, 0.15) is 0 Å². The average molecular weight is 423 g/mol. The summed E-state index contributed by atoms with van der Waals surface area (Å²) in [4.78, 5) is 4.51. The van der Waals surface area contributed by atoms with Crippen LogP contribution >= 0.6 is 15.9 Å². The van der Waals surface area contributed by atoms with Gasteiger partial charge in [0, 0.05) is 15.7 Å². The molecule has 2 heterocycles. The summed E-state index contributed by atoms with van der Waals surface area (Å²) in [6, 6.07) is 18.4. The van der Waals surface area contributed by atoms with Gasteiger partial charge >= 0.3 is 0 Å². The van der Waals surface area contributed by atoms with E-state index in [2.05, 4.69) is 64.2 Å². The van der Waals surface area contributed by atoms with Gasteiger partial charge < -0.3 is 4.52 Å². The molecule has 0 aliphatic rings. The molecule has 27 heavy (non-hydrogen) atoms. The highest BCUT2D eigenvalue weighted by Crippen LogP contribution is 2.26. The quantitative estimate of drug-likeness (QED) is 0.430. The van der Waals surface area contributed by atoms with Crippen LogP contribution in [0, 0.1) is 13.8 Å². The van der Waals surface area contributed by atoms with E-state index in [0.29, 0.717) is 17.4 Å². The second-order valence-electron chi connectivity index (χ2n) is 6.63. The Morgan fingerprint density at radius 3 is 2.41 bits per heavy atom. The predicted octanol–water partition coefficient (Wildman–Crippen LogP) is 5.59. The van der Waals surface area contributed by atoms with Gasteiger partial charge in [-0.1, -0.05) is 50.9 Å². The number of rotatable bonds is 4. The summed E-state index contributed by atoms with van der Waals surface area (Å²) in [5.41, 5.74) is 5.08. The Balaban J connectivity index is 1.63. The summed E-state index contributed by atoms with van der Waals surface area (Å²) in [6.45, 7) is 6.26. The molecular formula is C21H19BrN4O. The molecule has 0 saturated heterocycles. The molecular weight excluding hydrogens is 404 g/mol. The van der Waals surface area contributed by atoms with Crippen molar-refractivity contribution >= 4 is 15.9 Å². The first-order valence-electron chi connectivity index (χ1n) is 8.74. The van der Waals surface area contributed by atoms with Crippen molar-refractivity contribution in [1.82, 2.24) is 19.9 Å². The van der Waals surface area contributed by atoms with Crippen LogP contribution in [0.3, 0.4) is 0 Å². The van der Waals surface area contributed by atoms with Gasteiger partial charge in [0.15, 0.2) is 5.69 Å². The lowest BCUT2D eigenvalue weighted by atomic mass is 10.1. The minimum Gasteiger partial charge on any atom is -0.332 e. The van der Waals surface area contributed by atoms with Crippen molar-refractivity contribution in [3.8, 4) is 23.0 Å². The van der Waals surface area contributed by atoms with Crippen molar-refractivity contribution in [3.63, 3.8) is 0 Å². The van der Waals surface area contributed by atoms with Gasteiger partial charge in [0.05, 0.1) is 6.04 Å². The van der Waals surface area contributed by atoms with Gasteiger partial charge in [-0.15, -0.1) is 0 Å². The Morgan fingerprint density at radius 2 is 1.70 bits per heavy atom. The van der Waals surface area contributed by atoms with Crippen LogP contribution in [0.1, 0.15) is 29.8 Å². The largest absolute Gasteiger partial charge is 0.332 e. The SMILES string of the molecule is Cc1ccc(C(C)n2nc(-c3nc(-c4ccc(Br)cc4)no3)cc2C)cc1. The molecule has 1 unspecified atom stereocenters. The predicted molar refractivity (Wildman–Crippen MR) is 108 cm³/mol. The molecule has 5 nitrogen and oxygen atoms in total. The molecule has 2 aromatic heterocycles. The number of nitrogens with zero attached hydrogens (tertiary/aromatic N) is 4. The lowest BCUT2D eigenvalue weighted by Gasteiger charge is -2.14. The minimum absolute atomic E-state index is 0.119. The number of hydrogen-bond acceptors (Lipinski definition) is 4. The fourth-order valence-corrected chi connectivity index (χ4v) is 3.28. The Morgan fingerprint density at radius 1 is 1.00 bits per heavy atom. The van der Waals surface area contributed by atoms with Gasteiger partial charge in [-0.2, -0.15) is 10.1 Å². The van der Waals surface area contributed by atoms with E-state index in [1.54, 1.807) is 0 Å². The minimum atomic E-state index is 0.119. The topological polar surface area (TPSA) is 56.7 Å². The number of aryl methyl sites for hydroxylation is 2. The van der Waals surface area contributed by atoms with Crippen molar-refractivity contribution in [3.05, 3.63) is 75.9 Å². The fourth-order valence-electron chi connectivity index (χ4n) is 3.01. The Labute approximate surface area is 166 Å². The van der Waals surface area contributed by atoms with Gasteiger partial charge in [0.2, 0.25) is 5.82 Å². The molecule has 1 atom stereocenters. The zero-order valence-electron chi connectivity index (χ0n) is 15.3. The van der Waals surface area contributed by atoms with Crippen LogP contribution < -0.4 is 0 Å². The van der Waals surface area contributed by atoms with Gasteiger partial charge in [-0.25, -0.2) is 0 Å². The Kier molecular flexibility index (Phi) is 4.66. The highest BCUT2D eigenvalue weighted by atomic mass is 79.9. The van der Waals surface area contributed by atoms with Crippen LogP contribution in [-0.2, 0) is 0 Å². The molecule has 2 aromatic carbocycles. The van der Waals surface area contributed by atoms with Crippen LogP contribution in [0.2, 0.25) is 0 Å². The van der Waals surface area contributed by atoms with E-state index in [1.165, 1.54) is 11.1 Å².